The van der Waals surface area contributed by atoms with Crippen molar-refractivity contribution in [2.24, 2.45) is 0 Å². The van der Waals surface area contributed by atoms with Crippen molar-refractivity contribution in [1.29, 1.82) is 5.26 Å². The Morgan fingerprint density at radius 2 is 2.32 bits per heavy atom. The SMILES string of the molecule is CCOC(=O)/C(C#N)=C/Nc1sccc1C(=O)OC. The van der Waals surface area contributed by atoms with Gasteiger partial charge in [0, 0.05) is 6.20 Å². The predicted molar refractivity (Wildman–Crippen MR) is 69.6 cm³/mol. The topological polar surface area (TPSA) is 88.4 Å². The highest BCUT2D eigenvalue weighted by atomic mass is 32.1. The first-order valence-electron chi connectivity index (χ1n) is 5.33. The van der Waals surface area contributed by atoms with Crippen molar-refractivity contribution < 1.29 is 19.1 Å². The zero-order valence-electron chi connectivity index (χ0n) is 10.4. The van der Waals surface area contributed by atoms with Crippen LogP contribution in [0.4, 0.5) is 5.00 Å². The Bertz CT molecular complexity index is 542. The summed E-state index contributed by atoms with van der Waals surface area (Å²) < 4.78 is 9.31. The summed E-state index contributed by atoms with van der Waals surface area (Å²) in [6.07, 6.45) is 1.20. The number of hydrogen-bond donors (Lipinski definition) is 1. The van der Waals surface area contributed by atoms with E-state index < -0.39 is 11.9 Å². The molecule has 0 amide bonds. The lowest BCUT2D eigenvalue weighted by Crippen LogP contribution is -2.08. The van der Waals surface area contributed by atoms with Gasteiger partial charge in [0.05, 0.1) is 19.3 Å². The molecule has 0 aliphatic heterocycles. The molecule has 6 nitrogen and oxygen atoms in total. The molecule has 0 spiro atoms. The van der Waals surface area contributed by atoms with Crippen molar-refractivity contribution in [1.82, 2.24) is 0 Å². The third-order valence-electron chi connectivity index (χ3n) is 2.03. The van der Waals surface area contributed by atoms with Crippen LogP contribution in [0.5, 0.6) is 0 Å². The highest BCUT2D eigenvalue weighted by molar-refractivity contribution is 7.14. The third kappa shape index (κ3) is 3.82. The molecule has 0 bridgehead atoms. The second-order valence-corrected chi connectivity index (χ2v) is 4.11. The fourth-order valence-electron chi connectivity index (χ4n) is 1.18. The van der Waals surface area contributed by atoms with E-state index >= 15 is 0 Å². The summed E-state index contributed by atoms with van der Waals surface area (Å²) in [7, 11) is 1.28. The molecule has 0 radical (unpaired) electrons. The summed E-state index contributed by atoms with van der Waals surface area (Å²) in [5, 5.41) is 13.7. The van der Waals surface area contributed by atoms with Gasteiger partial charge in [-0.25, -0.2) is 9.59 Å². The highest BCUT2D eigenvalue weighted by Gasteiger charge is 2.14. The fraction of sp³-hybridized carbons (Fsp3) is 0.250. The first-order valence-corrected chi connectivity index (χ1v) is 6.21. The van der Waals surface area contributed by atoms with Gasteiger partial charge >= 0.3 is 11.9 Å². The largest absolute Gasteiger partial charge is 0.465 e. The molecule has 1 N–H and O–H groups in total. The summed E-state index contributed by atoms with van der Waals surface area (Å²) in [4.78, 5) is 22.8. The molecule has 1 aromatic heterocycles. The molecule has 0 aromatic carbocycles. The number of carbonyl (C=O) groups is 2. The number of nitrogens with one attached hydrogen (secondary N) is 1. The lowest BCUT2D eigenvalue weighted by atomic mass is 10.3. The number of nitrogens with zero attached hydrogens (tertiary/aromatic N) is 1. The van der Waals surface area contributed by atoms with Crippen molar-refractivity contribution >= 4 is 28.3 Å². The van der Waals surface area contributed by atoms with Crippen LogP contribution in [0.1, 0.15) is 17.3 Å². The summed E-state index contributed by atoms with van der Waals surface area (Å²) >= 11 is 1.25. The van der Waals surface area contributed by atoms with Crippen LogP contribution in [-0.4, -0.2) is 25.7 Å². The Balaban J connectivity index is 2.85. The third-order valence-corrected chi connectivity index (χ3v) is 2.88. The lowest BCUT2D eigenvalue weighted by molar-refractivity contribution is -0.138. The van der Waals surface area contributed by atoms with E-state index in [1.807, 2.05) is 0 Å². The minimum Gasteiger partial charge on any atom is -0.465 e. The van der Waals surface area contributed by atoms with E-state index in [2.05, 4.69) is 10.1 Å². The monoisotopic (exact) mass is 280 g/mol. The number of nitriles is 1. The van der Waals surface area contributed by atoms with Crippen LogP contribution in [0, 0.1) is 11.3 Å². The van der Waals surface area contributed by atoms with Gasteiger partial charge in [0.2, 0.25) is 0 Å². The van der Waals surface area contributed by atoms with Gasteiger partial charge in [-0.15, -0.1) is 11.3 Å². The molecule has 1 rings (SSSR count). The van der Waals surface area contributed by atoms with Crippen molar-refractivity contribution in [3.63, 3.8) is 0 Å². The number of rotatable bonds is 5. The molecule has 0 atom stereocenters. The maximum absolute atomic E-state index is 11.4. The standard InChI is InChI=1S/C12H12N2O4S/c1-3-18-11(15)8(6-13)7-14-10-9(4-5-19-10)12(16)17-2/h4-5,7,14H,3H2,1-2H3/b8-7+. The average molecular weight is 280 g/mol. The number of esters is 2. The van der Waals surface area contributed by atoms with Crippen LogP contribution in [-0.2, 0) is 14.3 Å². The number of anilines is 1. The normalized spacial score (nSPS) is 10.5. The van der Waals surface area contributed by atoms with E-state index in [-0.39, 0.29) is 12.2 Å². The Morgan fingerprint density at radius 3 is 2.89 bits per heavy atom. The minimum absolute atomic E-state index is 0.175. The molecule has 0 saturated heterocycles. The van der Waals surface area contributed by atoms with E-state index in [0.29, 0.717) is 10.6 Å². The fourth-order valence-corrected chi connectivity index (χ4v) is 1.92. The Kier molecular flexibility index (Phi) is 5.57. The second kappa shape index (κ2) is 7.18. The van der Waals surface area contributed by atoms with Crippen LogP contribution in [0.15, 0.2) is 23.2 Å². The van der Waals surface area contributed by atoms with Gasteiger partial charge in [-0.2, -0.15) is 5.26 Å². The van der Waals surface area contributed by atoms with E-state index in [4.69, 9.17) is 10.00 Å². The van der Waals surface area contributed by atoms with E-state index in [1.54, 1.807) is 24.4 Å². The van der Waals surface area contributed by atoms with Crippen molar-refractivity contribution in [2.75, 3.05) is 19.0 Å². The van der Waals surface area contributed by atoms with Gasteiger partial charge in [-0.3, -0.25) is 0 Å². The Labute approximate surface area is 114 Å². The smallest absolute Gasteiger partial charge is 0.350 e. The molecule has 7 heteroatoms. The number of methoxy groups -OCH3 is 1. The van der Waals surface area contributed by atoms with Gasteiger partial charge in [-0.05, 0) is 18.4 Å². The molecule has 19 heavy (non-hydrogen) atoms. The molecule has 0 unspecified atom stereocenters. The maximum atomic E-state index is 11.4. The van der Waals surface area contributed by atoms with Crippen LogP contribution < -0.4 is 5.32 Å². The molecular formula is C12H12N2O4S. The van der Waals surface area contributed by atoms with Gasteiger partial charge in [0.25, 0.3) is 0 Å². The molecule has 0 fully saturated rings. The summed E-state index contributed by atoms with van der Waals surface area (Å²) in [5.74, 6) is -1.21. The molecule has 0 aliphatic carbocycles. The number of ether oxygens (including phenoxy) is 2. The maximum Gasteiger partial charge on any atom is 0.350 e. The molecule has 1 aromatic rings. The quantitative estimate of drug-likeness (QED) is 0.503. The molecule has 1 heterocycles. The van der Waals surface area contributed by atoms with E-state index in [1.165, 1.54) is 24.6 Å². The van der Waals surface area contributed by atoms with Crippen molar-refractivity contribution in [2.45, 2.75) is 6.92 Å². The lowest BCUT2D eigenvalue weighted by Gasteiger charge is -2.03. The van der Waals surface area contributed by atoms with Crippen molar-refractivity contribution in [3.8, 4) is 6.07 Å². The summed E-state index contributed by atoms with van der Waals surface area (Å²) in [6.45, 7) is 1.83. The second-order valence-electron chi connectivity index (χ2n) is 3.19. The zero-order chi connectivity index (χ0) is 14.3. The summed E-state index contributed by atoms with van der Waals surface area (Å²) in [6, 6.07) is 3.31. The van der Waals surface area contributed by atoms with Gasteiger partial charge in [0.15, 0.2) is 5.57 Å². The van der Waals surface area contributed by atoms with Crippen LogP contribution in [0.25, 0.3) is 0 Å². The number of carbonyl (C=O) groups excluding carboxylic acids is 2. The van der Waals surface area contributed by atoms with Crippen molar-refractivity contribution in [3.05, 3.63) is 28.8 Å². The molecule has 0 aliphatic rings. The van der Waals surface area contributed by atoms with Crippen LogP contribution in [0.2, 0.25) is 0 Å². The first kappa shape index (κ1) is 14.7. The molecule has 0 saturated carbocycles. The minimum atomic E-state index is -0.714. The van der Waals surface area contributed by atoms with Gasteiger partial charge in [-0.1, -0.05) is 0 Å². The molecule has 100 valence electrons. The molecular weight excluding hydrogens is 268 g/mol. The van der Waals surface area contributed by atoms with E-state index in [0.717, 1.165) is 0 Å². The number of thiophene rings is 1. The average Bonchev–Trinajstić information content (AvgIpc) is 2.87. The first-order chi connectivity index (χ1) is 9.13. The highest BCUT2D eigenvalue weighted by Crippen LogP contribution is 2.24. The predicted octanol–water partition coefficient (Wildman–Crippen LogP) is 1.92. The van der Waals surface area contributed by atoms with E-state index in [9.17, 15) is 9.59 Å². The van der Waals surface area contributed by atoms with Gasteiger partial charge < -0.3 is 14.8 Å². The zero-order valence-corrected chi connectivity index (χ0v) is 11.2. The van der Waals surface area contributed by atoms with Crippen LogP contribution in [0.3, 0.4) is 0 Å². The number of hydrogen-bond acceptors (Lipinski definition) is 7. The van der Waals surface area contributed by atoms with Crippen LogP contribution >= 0.6 is 11.3 Å². The Hall–Kier alpha value is -2.33. The Morgan fingerprint density at radius 1 is 1.58 bits per heavy atom. The summed E-state index contributed by atoms with van der Waals surface area (Å²) in [5.41, 5.74) is 0.163. The van der Waals surface area contributed by atoms with Gasteiger partial charge in [0.1, 0.15) is 11.1 Å².